The van der Waals surface area contributed by atoms with Crippen molar-refractivity contribution in [2.75, 3.05) is 13.6 Å². The van der Waals surface area contributed by atoms with Gasteiger partial charge in [-0.05, 0) is 39.7 Å². The lowest BCUT2D eigenvalue weighted by molar-refractivity contribution is 0.220. The molecule has 2 heteroatoms. The Morgan fingerprint density at radius 2 is 2.08 bits per heavy atom. The van der Waals surface area contributed by atoms with E-state index in [1.54, 1.807) is 0 Å². The molecular formula is C10H18N2. The Labute approximate surface area is 75.2 Å². The fourth-order valence-electron chi connectivity index (χ4n) is 1.58. The highest BCUT2D eigenvalue weighted by Gasteiger charge is 2.30. The molecular weight excluding hydrogens is 148 g/mol. The maximum absolute atomic E-state index is 8.64. The molecule has 1 saturated carbocycles. The van der Waals surface area contributed by atoms with Gasteiger partial charge in [-0.1, -0.05) is 0 Å². The first-order valence-corrected chi connectivity index (χ1v) is 4.75. The molecule has 0 radical (unpaired) electrons. The van der Waals surface area contributed by atoms with E-state index in [9.17, 15) is 0 Å². The first-order valence-electron chi connectivity index (χ1n) is 4.75. The van der Waals surface area contributed by atoms with Crippen molar-refractivity contribution >= 4 is 0 Å². The molecule has 1 rings (SSSR count). The van der Waals surface area contributed by atoms with Crippen molar-refractivity contribution in [2.24, 2.45) is 11.8 Å². The standard InChI is InChI=1S/C10H18N2/c1-8(6-11)7-12(3)9(2)10-4-5-10/h8-10H,4-5,7H2,1-3H3. The Kier molecular flexibility index (Phi) is 3.11. The van der Waals surface area contributed by atoms with Crippen molar-refractivity contribution in [1.29, 1.82) is 5.26 Å². The molecule has 0 heterocycles. The van der Waals surface area contributed by atoms with Gasteiger partial charge in [0.15, 0.2) is 0 Å². The van der Waals surface area contributed by atoms with Crippen LogP contribution in [0.25, 0.3) is 0 Å². The van der Waals surface area contributed by atoms with Crippen molar-refractivity contribution in [3.8, 4) is 6.07 Å². The van der Waals surface area contributed by atoms with Crippen LogP contribution >= 0.6 is 0 Å². The molecule has 0 amide bonds. The average Bonchev–Trinajstić information content (AvgIpc) is 2.85. The van der Waals surface area contributed by atoms with Gasteiger partial charge in [0.25, 0.3) is 0 Å². The van der Waals surface area contributed by atoms with Gasteiger partial charge < -0.3 is 4.90 Å². The summed E-state index contributed by atoms with van der Waals surface area (Å²) in [4.78, 5) is 2.31. The third-order valence-corrected chi connectivity index (χ3v) is 2.78. The molecule has 1 aliphatic carbocycles. The minimum atomic E-state index is 0.163. The maximum Gasteiger partial charge on any atom is 0.0666 e. The minimum absolute atomic E-state index is 0.163. The predicted molar refractivity (Wildman–Crippen MR) is 49.6 cm³/mol. The quantitative estimate of drug-likeness (QED) is 0.637. The van der Waals surface area contributed by atoms with Crippen LogP contribution in [-0.4, -0.2) is 24.5 Å². The first kappa shape index (κ1) is 9.54. The topological polar surface area (TPSA) is 27.0 Å². The third kappa shape index (κ3) is 2.49. The van der Waals surface area contributed by atoms with Crippen LogP contribution in [0.4, 0.5) is 0 Å². The van der Waals surface area contributed by atoms with Gasteiger partial charge in [-0.3, -0.25) is 0 Å². The summed E-state index contributed by atoms with van der Waals surface area (Å²) in [6.45, 7) is 5.16. The van der Waals surface area contributed by atoms with E-state index in [1.165, 1.54) is 12.8 Å². The van der Waals surface area contributed by atoms with Gasteiger partial charge >= 0.3 is 0 Å². The molecule has 0 N–H and O–H groups in total. The molecule has 2 atom stereocenters. The van der Waals surface area contributed by atoms with Gasteiger partial charge in [0.2, 0.25) is 0 Å². The van der Waals surface area contributed by atoms with Crippen LogP contribution in [0.5, 0.6) is 0 Å². The molecule has 68 valence electrons. The van der Waals surface area contributed by atoms with Crippen molar-refractivity contribution in [2.45, 2.75) is 32.7 Å². The van der Waals surface area contributed by atoms with Gasteiger partial charge in [-0.2, -0.15) is 5.26 Å². The van der Waals surface area contributed by atoms with Crippen LogP contribution < -0.4 is 0 Å². The highest BCUT2D eigenvalue weighted by Crippen LogP contribution is 2.34. The summed E-state index contributed by atoms with van der Waals surface area (Å²) in [6, 6.07) is 2.94. The van der Waals surface area contributed by atoms with Crippen molar-refractivity contribution < 1.29 is 0 Å². The number of nitrogens with zero attached hydrogens (tertiary/aromatic N) is 2. The molecule has 2 nitrogen and oxygen atoms in total. The third-order valence-electron chi connectivity index (χ3n) is 2.78. The second-order valence-corrected chi connectivity index (χ2v) is 4.05. The molecule has 0 aromatic rings. The number of nitriles is 1. The van der Waals surface area contributed by atoms with Gasteiger partial charge in [0, 0.05) is 12.6 Å². The van der Waals surface area contributed by atoms with E-state index in [0.717, 1.165) is 12.5 Å². The van der Waals surface area contributed by atoms with Crippen LogP contribution in [-0.2, 0) is 0 Å². The van der Waals surface area contributed by atoms with Crippen molar-refractivity contribution in [3.05, 3.63) is 0 Å². The van der Waals surface area contributed by atoms with E-state index < -0.39 is 0 Å². The first-order chi connectivity index (χ1) is 5.65. The largest absolute Gasteiger partial charge is 0.302 e. The van der Waals surface area contributed by atoms with E-state index >= 15 is 0 Å². The summed E-state index contributed by atoms with van der Waals surface area (Å²) in [5, 5.41) is 8.64. The Balaban J connectivity index is 2.26. The number of hydrogen-bond donors (Lipinski definition) is 0. The molecule has 1 aliphatic rings. The second kappa shape index (κ2) is 3.91. The van der Waals surface area contributed by atoms with Crippen LogP contribution in [0.3, 0.4) is 0 Å². The molecule has 0 aliphatic heterocycles. The Bertz CT molecular complexity index is 179. The van der Waals surface area contributed by atoms with E-state index in [2.05, 4.69) is 24.9 Å². The molecule has 12 heavy (non-hydrogen) atoms. The van der Waals surface area contributed by atoms with Crippen molar-refractivity contribution in [3.63, 3.8) is 0 Å². The number of rotatable bonds is 4. The van der Waals surface area contributed by atoms with E-state index in [4.69, 9.17) is 5.26 Å². The summed E-state index contributed by atoms with van der Waals surface area (Å²) < 4.78 is 0. The lowest BCUT2D eigenvalue weighted by Gasteiger charge is -2.25. The zero-order valence-corrected chi connectivity index (χ0v) is 8.25. The Morgan fingerprint density at radius 3 is 2.50 bits per heavy atom. The number of hydrogen-bond acceptors (Lipinski definition) is 2. The Morgan fingerprint density at radius 1 is 1.50 bits per heavy atom. The van der Waals surface area contributed by atoms with Gasteiger partial charge in [-0.25, -0.2) is 0 Å². The zero-order valence-electron chi connectivity index (χ0n) is 8.25. The van der Waals surface area contributed by atoms with Gasteiger partial charge in [-0.15, -0.1) is 0 Å². The zero-order chi connectivity index (χ0) is 9.14. The summed E-state index contributed by atoms with van der Waals surface area (Å²) in [7, 11) is 2.12. The summed E-state index contributed by atoms with van der Waals surface area (Å²) in [5.41, 5.74) is 0. The summed E-state index contributed by atoms with van der Waals surface area (Å²) in [5.74, 6) is 1.07. The molecule has 0 aromatic heterocycles. The summed E-state index contributed by atoms with van der Waals surface area (Å²) >= 11 is 0. The minimum Gasteiger partial charge on any atom is -0.302 e. The molecule has 0 saturated heterocycles. The highest BCUT2D eigenvalue weighted by molar-refractivity contribution is 4.87. The lowest BCUT2D eigenvalue weighted by atomic mass is 10.1. The highest BCUT2D eigenvalue weighted by atomic mass is 15.1. The molecule has 1 fully saturated rings. The van der Waals surface area contributed by atoms with Crippen LogP contribution in [0.15, 0.2) is 0 Å². The van der Waals surface area contributed by atoms with Gasteiger partial charge in [0.1, 0.15) is 0 Å². The molecule has 0 spiro atoms. The molecule has 2 unspecified atom stereocenters. The molecule has 0 bridgehead atoms. The lowest BCUT2D eigenvalue weighted by Crippen LogP contribution is -2.34. The van der Waals surface area contributed by atoms with Crippen molar-refractivity contribution in [1.82, 2.24) is 4.90 Å². The van der Waals surface area contributed by atoms with Crippen LogP contribution in [0.1, 0.15) is 26.7 Å². The monoisotopic (exact) mass is 166 g/mol. The van der Waals surface area contributed by atoms with E-state index in [1.807, 2.05) is 6.92 Å². The normalized spacial score (nSPS) is 21.9. The fraction of sp³-hybridized carbons (Fsp3) is 0.900. The average molecular weight is 166 g/mol. The predicted octanol–water partition coefficient (Wildman–Crippen LogP) is 1.88. The van der Waals surface area contributed by atoms with Gasteiger partial charge in [0.05, 0.1) is 12.0 Å². The van der Waals surface area contributed by atoms with E-state index in [0.29, 0.717) is 6.04 Å². The van der Waals surface area contributed by atoms with E-state index in [-0.39, 0.29) is 5.92 Å². The fourth-order valence-corrected chi connectivity index (χ4v) is 1.58. The SMILES string of the molecule is CC(C#N)CN(C)C(C)C1CC1. The molecule has 0 aromatic carbocycles. The smallest absolute Gasteiger partial charge is 0.0666 e. The Hall–Kier alpha value is -0.550. The summed E-state index contributed by atoms with van der Waals surface area (Å²) in [6.07, 6.45) is 2.76. The second-order valence-electron chi connectivity index (χ2n) is 4.05. The van der Waals surface area contributed by atoms with Crippen LogP contribution in [0, 0.1) is 23.2 Å². The van der Waals surface area contributed by atoms with Crippen LogP contribution in [0.2, 0.25) is 0 Å². The maximum atomic E-state index is 8.64.